The molecule has 2 atom stereocenters. The topological polar surface area (TPSA) is 80.3 Å². The maximum absolute atomic E-state index is 10.3. The minimum atomic E-state index is -0.893. The van der Waals surface area contributed by atoms with Crippen molar-refractivity contribution in [2.24, 2.45) is 11.8 Å². The van der Waals surface area contributed by atoms with Crippen molar-refractivity contribution in [1.82, 2.24) is 0 Å². The number of carbonyl (C=O) groups is 2. The van der Waals surface area contributed by atoms with Crippen LogP contribution in [0.4, 0.5) is 0 Å². The Morgan fingerprint density at radius 2 is 1.05 bits per heavy atom. The van der Waals surface area contributed by atoms with Crippen molar-refractivity contribution in [2.75, 3.05) is 0 Å². The Hall–Kier alpha value is -0.437. The van der Waals surface area contributed by atoms with E-state index in [1.54, 1.807) is 0 Å². The van der Waals surface area contributed by atoms with Gasteiger partial charge in [-0.2, -0.15) is 0 Å². The first-order chi connectivity index (χ1) is 9.44. The van der Waals surface area contributed by atoms with Gasteiger partial charge < -0.3 is 19.8 Å². The van der Waals surface area contributed by atoms with Crippen molar-refractivity contribution in [1.29, 1.82) is 0 Å². The number of hydrogen-bond acceptors (Lipinski definition) is 4. The van der Waals surface area contributed by atoms with E-state index in [0.29, 0.717) is 12.8 Å². The quantitative estimate of drug-likeness (QED) is 0.536. The molecule has 0 aliphatic carbocycles. The number of aliphatic carboxylic acids is 2. The second kappa shape index (κ2) is 17.6. The van der Waals surface area contributed by atoms with Crippen LogP contribution < -0.4 is 10.2 Å². The van der Waals surface area contributed by atoms with Crippen LogP contribution in [0.1, 0.15) is 79.1 Å². The van der Waals surface area contributed by atoms with Gasteiger partial charge in [0.05, 0.1) is 0 Å². The monoisotopic (exact) mass is 388 g/mol. The van der Waals surface area contributed by atoms with E-state index in [1.165, 1.54) is 0 Å². The molecule has 0 heterocycles. The number of rotatable bonds is 10. The third kappa shape index (κ3) is 15.8. The third-order valence-electron chi connectivity index (χ3n) is 3.46. The van der Waals surface area contributed by atoms with E-state index in [2.05, 4.69) is 13.8 Å². The van der Waals surface area contributed by atoms with Gasteiger partial charge in [0.15, 0.2) is 0 Å². The Labute approximate surface area is 142 Å². The second-order valence-corrected chi connectivity index (χ2v) is 5.13. The van der Waals surface area contributed by atoms with Crippen LogP contribution in [0.15, 0.2) is 0 Å². The first-order valence-electron chi connectivity index (χ1n) is 7.86. The minimum absolute atomic E-state index is 0. The summed E-state index contributed by atoms with van der Waals surface area (Å²) >= 11 is 0. The molecule has 0 fully saturated rings. The fourth-order valence-electron chi connectivity index (χ4n) is 1.88. The average Bonchev–Trinajstić information content (AvgIpc) is 2.40. The number of carboxylic acids is 2. The third-order valence-corrected chi connectivity index (χ3v) is 3.46. The number of carbonyl (C=O) groups excluding carboxylic acids is 2. The van der Waals surface area contributed by atoms with E-state index in [-0.39, 0.29) is 31.3 Å². The predicted octanol–water partition coefficient (Wildman–Crippen LogP) is 1.90. The van der Waals surface area contributed by atoms with Crippen molar-refractivity contribution in [2.45, 2.75) is 79.1 Å². The SMILES string of the molecule is CCCCC(CC)C(=O)[O-].CCCCC(CC)C(=O)[O-].[Ru+2]. The molecule has 5 heteroatoms. The summed E-state index contributed by atoms with van der Waals surface area (Å²) in [5, 5.41) is 20.7. The summed E-state index contributed by atoms with van der Waals surface area (Å²) in [6.45, 7) is 7.89. The molecule has 21 heavy (non-hydrogen) atoms. The zero-order valence-corrected chi connectivity index (χ0v) is 15.5. The van der Waals surface area contributed by atoms with Crippen molar-refractivity contribution < 1.29 is 39.3 Å². The second-order valence-electron chi connectivity index (χ2n) is 5.13. The summed E-state index contributed by atoms with van der Waals surface area (Å²) in [6.07, 6.45) is 7.04. The number of unbranched alkanes of at least 4 members (excludes halogenated alkanes) is 2. The minimum Gasteiger partial charge on any atom is -0.550 e. The van der Waals surface area contributed by atoms with Gasteiger partial charge in [-0.15, -0.1) is 0 Å². The molecule has 0 saturated carbocycles. The van der Waals surface area contributed by atoms with E-state index in [4.69, 9.17) is 0 Å². The zero-order valence-electron chi connectivity index (χ0n) is 13.8. The number of hydrogen-bond donors (Lipinski definition) is 0. The molecule has 0 bridgehead atoms. The first kappa shape index (κ1) is 25.5. The molecule has 0 aromatic carbocycles. The summed E-state index contributed by atoms with van der Waals surface area (Å²) in [5.41, 5.74) is 0. The van der Waals surface area contributed by atoms with Gasteiger partial charge in [-0.05, 0) is 37.5 Å². The molecule has 0 saturated heterocycles. The summed E-state index contributed by atoms with van der Waals surface area (Å²) < 4.78 is 0. The van der Waals surface area contributed by atoms with Crippen LogP contribution in [0.25, 0.3) is 0 Å². The molecular formula is C16H30O4Ru. The Morgan fingerprint density at radius 1 is 0.762 bits per heavy atom. The molecule has 0 amide bonds. The first-order valence-corrected chi connectivity index (χ1v) is 7.86. The van der Waals surface area contributed by atoms with Gasteiger partial charge in [0, 0.05) is 11.9 Å². The predicted molar refractivity (Wildman–Crippen MR) is 76.6 cm³/mol. The van der Waals surface area contributed by atoms with E-state index in [1.807, 2.05) is 13.8 Å². The molecule has 0 aliphatic heterocycles. The Bertz CT molecular complexity index is 231. The fraction of sp³-hybridized carbons (Fsp3) is 0.875. The molecule has 0 spiro atoms. The molecule has 0 aromatic heterocycles. The largest absolute Gasteiger partial charge is 2.00 e. The summed E-state index contributed by atoms with van der Waals surface area (Å²) in [7, 11) is 0. The van der Waals surface area contributed by atoms with Crippen LogP contribution in [0.5, 0.6) is 0 Å². The van der Waals surface area contributed by atoms with Gasteiger partial charge in [0.1, 0.15) is 0 Å². The fourth-order valence-corrected chi connectivity index (χ4v) is 1.88. The van der Waals surface area contributed by atoms with Crippen LogP contribution in [-0.4, -0.2) is 11.9 Å². The summed E-state index contributed by atoms with van der Waals surface area (Å²) in [6, 6.07) is 0. The molecule has 0 radical (unpaired) electrons. The van der Waals surface area contributed by atoms with E-state index in [0.717, 1.165) is 38.5 Å². The van der Waals surface area contributed by atoms with E-state index in [9.17, 15) is 19.8 Å². The normalized spacial score (nSPS) is 12.4. The summed E-state index contributed by atoms with van der Waals surface area (Å²) in [5.74, 6) is -2.23. The molecule has 0 aromatic rings. The maximum atomic E-state index is 10.3. The zero-order chi connectivity index (χ0) is 16.0. The van der Waals surface area contributed by atoms with Gasteiger partial charge in [-0.25, -0.2) is 0 Å². The molecule has 0 aliphatic rings. The van der Waals surface area contributed by atoms with Crippen LogP contribution in [0.2, 0.25) is 0 Å². The van der Waals surface area contributed by atoms with Gasteiger partial charge >= 0.3 is 19.5 Å². The van der Waals surface area contributed by atoms with Crippen LogP contribution in [0, 0.1) is 11.8 Å². The van der Waals surface area contributed by atoms with Crippen LogP contribution in [-0.2, 0) is 29.1 Å². The molecule has 2 unspecified atom stereocenters. The van der Waals surface area contributed by atoms with E-state index >= 15 is 0 Å². The molecule has 0 rings (SSSR count). The molecule has 126 valence electrons. The molecule has 4 nitrogen and oxygen atoms in total. The van der Waals surface area contributed by atoms with Gasteiger partial charge in [0.25, 0.3) is 0 Å². The Kier molecular flexibility index (Phi) is 21.4. The number of carboxylic acid groups (broad SMARTS) is 2. The van der Waals surface area contributed by atoms with E-state index < -0.39 is 11.9 Å². The van der Waals surface area contributed by atoms with Crippen molar-refractivity contribution in [3.63, 3.8) is 0 Å². The molecular weight excluding hydrogens is 357 g/mol. The van der Waals surface area contributed by atoms with Crippen LogP contribution >= 0.6 is 0 Å². The van der Waals surface area contributed by atoms with Crippen molar-refractivity contribution in [3.05, 3.63) is 0 Å². The smallest absolute Gasteiger partial charge is 0.550 e. The van der Waals surface area contributed by atoms with Gasteiger partial charge in [0.2, 0.25) is 0 Å². The summed E-state index contributed by atoms with van der Waals surface area (Å²) in [4.78, 5) is 20.7. The van der Waals surface area contributed by atoms with Gasteiger partial charge in [-0.1, -0.05) is 53.4 Å². The van der Waals surface area contributed by atoms with Crippen molar-refractivity contribution in [3.8, 4) is 0 Å². The van der Waals surface area contributed by atoms with Crippen molar-refractivity contribution >= 4 is 11.9 Å². The Morgan fingerprint density at radius 3 is 1.19 bits per heavy atom. The van der Waals surface area contributed by atoms with Crippen LogP contribution in [0.3, 0.4) is 0 Å². The average molecular weight is 387 g/mol. The standard InChI is InChI=1S/2C8H16O2.Ru/c2*1-3-5-6-7(4-2)8(9)10;/h2*7H,3-6H2,1-2H3,(H,9,10);/q;;+2/p-2. The Balaban J connectivity index is -0.000000295. The maximum Gasteiger partial charge on any atom is 2.00 e. The molecule has 0 N–H and O–H groups in total. The van der Waals surface area contributed by atoms with Gasteiger partial charge in [-0.3, -0.25) is 0 Å².